The molecule has 0 saturated heterocycles. The summed E-state index contributed by atoms with van der Waals surface area (Å²) >= 11 is 0. The topological polar surface area (TPSA) is 9.23 Å². The van der Waals surface area contributed by atoms with Crippen LogP contribution in [-0.4, -0.2) is 7.11 Å². The molecule has 0 bridgehead atoms. The van der Waals surface area contributed by atoms with E-state index < -0.39 is 0 Å². The van der Waals surface area contributed by atoms with Gasteiger partial charge in [-0.25, -0.2) is 0 Å². The quantitative estimate of drug-likeness (QED) is 0.410. The number of para-hydroxylation sites is 1. The molecule has 168 valence electrons. The standard InChI is InChI=1S/C11H16.C10H14O.C9H12/c1-8(2)11-6-5-9(3)7-10(11)4;1-8(2)9-6-4-5-7-10(9)11-3;1-8(2)9-6-4-3-5-7-9/h5-8H,1-4H3;4-8H,1-3H3;3-8H,1-2H3. The molecule has 0 fully saturated rings. The highest BCUT2D eigenvalue weighted by atomic mass is 16.5. The van der Waals surface area contributed by atoms with Crippen LogP contribution in [0.2, 0.25) is 0 Å². The van der Waals surface area contributed by atoms with Gasteiger partial charge in [0, 0.05) is 0 Å². The first-order valence-electron chi connectivity index (χ1n) is 11.4. The van der Waals surface area contributed by atoms with Crippen molar-refractivity contribution in [3.8, 4) is 5.75 Å². The van der Waals surface area contributed by atoms with Gasteiger partial charge in [-0.3, -0.25) is 0 Å². The van der Waals surface area contributed by atoms with Crippen LogP contribution in [0, 0.1) is 13.8 Å². The van der Waals surface area contributed by atoms with E-state index in [9.17, 15) is 0 Å². The molecular weight excluding hydrogens is 376 g/mol. The summed E-state index contributed by atoms with van der Waals surface area (Å²) in [6, 6.07) is 25.3. The summed E-state index contributed by atoms with van der Waals surface area (Å²) in [4.78, 5) is 0. The molecule has 1 heteroatoms. The highest BCUT2D eigenvalue weighted by Gasteiger charge is 2.04. The van der Waals surface area contributed by atoms with Crippen molar-refractivity contribution in [2.45, 2.75) is 73.1 Å². The van der Waals surface area contributed by atoms with Crippen LogP contribution < -0.4 is 4.74 Å². The average Bonchev–Trinajstić information content (AvgIpc) is 2.75. The van der Waals surface area contributed by atoms with Crippen molar-refractivity contribution >= 4 is 0 Å². The number of methoxy groups -OCH3 is 1. The molecule has 0 radical (unpaired) electrons. The van der Waals surface area contributed by atoms with E-state index in [0.717, 1.165) is 5.75 Å². The number of ether oxygens (including phenoxy) is 1. The largest absolute Gasteiger partial charge is 0.496 e. The normalized spacial score (nSPS) is 10.3. The molecule has 1 nitrogen and oxygen atoms in total. The molecular formula is C30H42O. The molecule has 0 aliphatic heterocycles. The summed E-state index contributed by atoms with van der Waals surface area (Å²) in [7, 11) is 1.71. The van der Waals surface area contributed by atoms with Crippen molar-refractivity contribution in [3.63, 3.8) is 0 Å². The molecule has 0 heterocycles. The maximum Gasteiger partial charge on any atom is 0.122 e. The lowest BCUT2D eigenvalue weighted by Crippen LogP contribution is -1.92. The molecule has 31 heavy (non-hydrogen) atoms. The van der Waals surface area contributed by atoms with E-state index in [4.69, 9.17) is 4.74 Å². The zero-order valence-corrected chi connectivity index (χ0v) is 21.1. The molecule has 0 amide bonds. The third-order valence-corrected chi connectivity index (χ3v) is 5.27. The molecule has 0 aromatic heterocycles. The summed E-state index contributed by atoms with van der Waals surface area (Å²) in [5.74, 6) is 2.83. The first-order chi connectivity index (χ1) is 14.7. The smallest absolute Gasteiger partial charge is 0.122 e. The Kier molecular flexibility index (Phi) is 11.7. The third kappa shape index (κ3) is 9.42. The highest BCUT2D eigenvalue weighted by molar-refractivity contribution is 5.35. The van der Waals surface area contributed by atoms with Gasteiger partial charge in [0.05, 0.1) is 7.11 Å². The van der Waals surface area contributed by atoms with Crippen LogP contribution >= 0.6 is 0 Å². The van der Waals surface area contributed by atoms with Crippen LogP contribution in [0.25, 0.3) is 0 Å². The predicted molar refractivity (Wildman–Crippen MR) is 138 cm³/mol. The molecule has 3 aromatic carbocycles. The Balaban J connectivity index is 0.000000234. The Morgan fingerprint density at radius 1 is 0.581 bits per heavy atom. The second-order valence-electron chi connectivity index (χ2n) is 8.98. The van der Waals surface area contributed by atoms with Crippen molar-refractivity contribution < 1.29 is 4.74 Å². The van der Waals surface area contributed by atoms with Crippen molar-refractivity contribution in [2.24, 2.45) is 0 Å². The second-order valence-corrected chi connectivity index (χ2v) is 8.98. The first kappa shape index (κ1) is 26.5. The Labute approximate surface area is 191 Å². The molecule has 0 aliphatic rings. The number of hydrogen-bond acceptors (Lipinski definition) is 1. The number of aryl methyl sites for hydroxylation is 2. The molecule has 3 rings (SSSR count). The van der Waals surface area contributed by atoms with Crippen molar-refractivity contribution in [2.75, 3.05) is 7.11 Å². The van der Waals surface area contributed by atoms with Crippen LogP contribution in [0.4, 0.5) is 0 Å². The van der Waals surface area contributed by atoms with Gasteiger partial charge in [0.25, 0.3) is 0 Å². The Hall–Kier alpha value is -2.54. The zero-order chi connectivity index (χ0) is 23.4. The minimum Gasteiger partial charge on any atom is -0.496 e. The minimum absolute atomic E-state index is 0.533. The van der Waals surface area contributed by atoms with Crippen LogP contribution in [0.1, 0.15) is 87.1 Å². The van der Waals surface area contributed by atoms with E-state index in [2.05, 4.69) is 104 Å². The van der Waals surface area contributed by atoms with Crippen LogP contribution in [0.3, 0.4) is 0 Å². The van der Waals surface area contributed by atoms with Gasteiger partial charge in [-0.1, -0.05) is 114 Å². The lowest BCUT2D eigenvalue weighted by Gasteiger charge is -2.10. The molecule has 0 saturated carbocycles. The molecule has 0 unspecified atom stereocenters. The van der Waals surface area contributed by atoms with Gasteiger partial charge in [0.15, 0.2) is 0 Å². The SMILES string of the molecule is CC(C)c1ccccc1.COc1ccccc1C(C)C.Cc1ccc(C(C)C)c(C)c1. The van der Waals surface area contributed by atoms with E-state index in [-0.39, 0.29) is 0 Å². The summed E-state index contributed by atoms with van der Waals surface area (Å²) in [6.45, 7) is 17.5. The molecule has 0 spiro atoms. The fourth-order valence-corrected chi connectivity index (χ4v) is 3.45. The van der Waals surface area contributed by atoms with Gasteiger partial charge in [0.1, 0.15) is 5.75 Å². The summed E-state index contributed by atoms with van der Waals surface area (Å²) in [5, 5.41) is 0. The van der Waals surface area contributed by atoms with Gasteiger partial charge in [-0.2, -0.15) is 0 Å². The minimum atomic E-state index is 0.533. The van der Waals surface area contributed by atoms with E-state index >= 15 is 0 Å². The van der Waals surface area contributed by atoms with E-state index in [1.807, 2.05) is 24.3 Å². The van der Waals surface area contributed by atoms with Gasteiger partial charge in [-0.15, -0.1) is 0 Å². The lowest BCUT2D eigenvalue weighted by molar-refractivity contribution is 0.407. The maximum absolute atomic E-state index is 5.21. The number of benzene rings is 3. The number of hydrogen-bond donors (Lipinski definition) is 0. The molecule has 0 N–H and O–H groups in total. The van der Waals surface area contributed by atoms with Gasteiger partial charge < -0.3 is 4.74 Å². The maximum atomic E-state index is 5.21. The van der Waals surface area contributed by atoms with Crippen LogP contribution in [0.5, 0.6) is 5.75 Å². The van der Waals surface area contributed by atoms with E-state index in [1.165, 1.54) is 27.8 Å². The lowest BCUT2D eigenvalue weighted by atomic mass is 9.97. The summed E-state index contributed by atoms with van der Waals surface area (Å²) in [5.41, 5.74) is 6.93. The predicted octanol–water partition coefficient (Wildman–Crippen LogP) is 9.06. The second kappa shape index (κ2) is 13.7. The summed E-state index contributed by atoms with van der Waals surface area (Å²) < 4.78 is 5.21. The highest BCUT2D eigenvalue weighted by Crippen LogP contribution is 2.25. The van der Waals surface area contributed by atoms with Crippen LogP contribution in [0.15, 0.2) is 72.8 Å². The fraction of sp³-hybridized carbons (Fsp3) is 0.400. The van der Waals surface area contributed by atoms with E-state index in [0.29, 0.717) is 17.8 Å². The Morgan fingerprint density at radius 2 is 1.13 bits per heavy atom. The molecule has 0 aliphatic carbocycles. The van der Waals surface area contributed by atoms with Gasteiger partial charge in [-0.05, 0) is 59.9 Å². The van der Waals surface area contributed by atoms with Crippen molar-refractivity contribution in [1.29, 1.82) is 0 Å². The molecule has 3 aromatic rings. The average molecular weight is 419 g/mol. The van der Waals surface area contributed by atoms with Gasteiger partial charge in [0.2, 0.25) is 0 Å². The van der Waals surface area contributed by atoms with Gasteiger partial charge >= 0.3 is 0 Å². The number of rotatable bonds is 4. The van der Waals surface area contributed by atoms with E-state index in [1.54, 1.807) is 7.11 Å². The zero-order valence-electron chi connectivity index (χ0n) is 21.1. The molecule has 0 atom stereocenters. The van der Waals surface area contributed by atoms with Crippen molar-refractivity contribution in [1.82, 2.24) is 0 Å². The first-order valence-corrected chi connectivity index (χ1v) is 11.4. The third-order valence-electron chi connectivity index (χ3n) is 5.27. The fourth-order valence-electron chi connectivity index (χ4n) is 3.45. The summed E-state index contributed by atoms with van der Waals surface area (Å²) in [6.07, 6.45) is 0. The Morgan fingerprint density at radius 3 is 1.55 bits per heavy atom. The van der Waals surface area contributed by atoms with Crippen molar-refractivity contribution in [3.05, 3.63) is 101 Å². The monoisotopic (exact) mass is 418 g/mol. The van der Waals surface area contributed by atoms with Crippen LogP contribution in [-0.2, 0) is 0 Å². The Bertz CT molecular complexity index is 876.